The van der Waals surface area contributed by atoms with Gasteiger partial charge in [-0.05, 0) is 63.1 Å². The SMILES string of the molecule is CCN(CC)C(=O)[C@H](NC(=O)c1cccs1)C1CCN(C(=O)c2cccc(C)c2)CC1. The number of piperidine rings is 1. The first-order valence-corrected chi connectivity index (χ1v) is 11.8. The van der Waals surface area contributed by atoms with Crippen LogP contribution in [-0.4, -0.2) is 59.7 Å². The van der Waals surface area contributed by atoms with E-state index < -0.39 is 6.04 Å². The van der Waals surface area contributed by atoms with Gasteiger partial charge in [0.25, 0.3) is 11.8 Å². The third-order valence-corrected chi connectivity index (χ3v) is 6.80. The topological polar surface area (TPSA) is 69.7 Å². The van der Waals surface area contributed by atoms with Gasteiger partial charge < -0.3 is 15.1 Å². The van der Waals surface area contributed by atoms with Gasteiger partial charge in [-0.1, -0.05) is 23.8 Å². The molecule has 1 atom stereocenters. The molecule has 6 nitrogen and oxygen atoms in total. The van der Waals surface area contributed by atoms with Gasteiger partial charge in [0, 0.05) is 31.7 Å². The quantitative estimate of drug-likeness (QED) is 0.714. The number of likely N-dealkylation sites (tertiary alicyclic amines) is 1. The molecule has 1 N–H and O–H groups in total. The summed E-state index contributed by atoms with van der Waals surface area (Å²) in [5.74, 6) is -0.230. The van der Waals surface area contributed by atoms with Crippen molar-refractivity contribution in [3.8, 4) is 0 Å². The lowest BCUT2D eigenvalue weighted by atomic mass is 9.88. The number of nitrogens with one attached hydrogen (secondary N) is 1. The second kappa shape index (κ2) is 10.6. The molecule has 0 radical (unpaired) electrons. The summed E-state index contributed by atoms with van der Waals surface area (Å²) in [6, 6.07) is 10.6. The number of benzene rings is 1. The predicted octanol–water partition coefficient (Wildman–Crippen LogP) is 3.58. The van der Waals surface area contributed by atoms with E-state index >= 15 is 0 Å². The van der Waals surface area contributed by atoms with E-state index in [4.69, 9.17) is 0 Å². The van der Waals surface area contributed by atoms with Crippen molar-refractivity contribution in [3.63, 3.8) is 0 Å². The van der Waals surface area contributed by atoms with E-state index in [1.54, 1.807) is 11.0 Å². The van der Waals surface area contributed by atoms with Gasteiger partial charge in [-0.2, -0.15) is 0 Å². The number of likely N-dealkylation sites (N-methyl/N-ethyl adjacent to an activating group) is 1. The molecule has 1 aromatic carbocycles. The molecular weight excluding hydrogens is 410 g/mol. The Morgan fingerprint density at radius 2 is 1.84 bits per heavy atom. The Bertz CT molecular complexity index is 901. The maximum absolute atomic E-state index is 13.2. The van der Waals surface area contributed by atoms with Crippen LogP contribution in [0.5, 0.6) is 0 Å². The van der Waals surface area contributed by atoms with Gasteiger partial charge in [0.15, 0.2) is 0 Å². The Labute approximate surface area is 188 Å². The average Bonchev–Trinajstić information content (AvgIpc) is 3.33. The van der Waals surface area contributed by atoms with Gasteiger partial charge in [0.2, 0.25) is 5.91 Å². The molecule has 0 aliphatic carbocycles. The third kappa shape index (κ3) is 5.53. The summed E-state index contributed by atoms with van der Waals surface area (Å²) in [6.45, 7) is 8.23. The number of carbonyl (C=O) groups is 3. The van der Waals surface area contributed by atoms with Crippen LogP contribution in [0.2, 0.25) is 0 Å². The fraction of sp³-hybridized carbons (Fsp3) is 0.458. The fourth-order valence-electron chi connectivity index (χ4n) is 4.13. The molecule has 7 heteroatoms. The second-order valence-corrected chi connectivity index (χ2v) is 8.89. The van der Waals surface area contributed by atoms with Crippen molar-refractivity contribution in [1.82, 2.24) is 15.1 Å². The van der Waals surface area contributed by atoms with Gasteiger partial charge in [-0.25, -0.2) is 0 Å². The van der Waals surface area contributed by atoms with Crippen LogP contribution in [0.4, 0.5) is 0 Å². The number of hydrogen-bond acceptors (Lipinski definition) is 4. The van der Waals surface area contributed by atoms with Crippen molar-refractivity contribution in [2.75, 3.05) is 26.2 Å². The Morgan fingerprint density at radius 1 is 1.13 bits per heavy atom. The van der Waals surface area contributed by atoms with Crippen molar-refractivity contribution < 1.29 is 14.4 Å². The molecular formula is C24H31N3O3S. The molecule has 0 spiro atoms. The Hall–Kier alpha value is -2.67. The van der Waals surface area contributed by atoms with Crippen molar-refractivity contribution in [2.24, 2.45) is 5.92 Å². The lowest BCUT2D eigenvalue weighted by Gasteiger charge is -2.37. The number of aryl methyl sites for hydroxylation is 1. The first-order valence-electron chi connectivity index (χ1n) is 10.9. The van der Waals surface area contributed by atoms with Gasteiger partial charge in [-0.3, -0.25) is 14.4 Å². The summed E-state index contributed by atoms with van der Waals surface area (Å²) in [5, 5.41) is 4.85. The van der Waals surface area contributed by atoms with Crippen LogP contribution in [0.25, 0.3) is 0 Å². The van der Waals surface area contributed by atoms with E-state index in [0.29, 0.717) is 49.5 Å². The summed E-state index contributed by atoms with van der Waals surface area (Å²) < 4.78 is 0. The largest absolute Gasteiger partial charge is 0.341 e. The van der Waals surface area contributed by atoms with Gasteiger partial charge in [0.05, 0.1) is 4.88 Å². The van der Waals surface area contributed by atoms with E-state index in [2.05, 4.69) is 5.32 Å². The average molecular weight is 442 g/mol. The Kier molecular flexibility index (Phi) is 7.85. The van der Waals surface area contributed by atoms with Crippen LogP contribution in [0.1, 0.15) is 52.3 Å². The highest BCUT2D eigenvalue weighted by Gasteiger charge is 2.35. The summed E-state index contributed by atoms with van der Waals surface area (Å²) in [4.78, 5) is 43.0. The standard InChI is InChI=1S/C24H31N3O3S/c1-4-26(5-2)24(30)21(25-22(28)20-10-7-15-31-20)18-11-13-27(14-12-18)23(29)19-9-6-8-17(3)16-19/h6-10,15-16,18,21H,4-5,11-14H2,1-3H3,(H,25,28)/t21-/m1/s1. The normalized spacial score (nSPS) is 15.4. The first-order chi connectivity index (χ1) is 14.9. The highest BCUT2D eigenvalue weighted by molar-refractivity contribution is 7.12. The molecule has 1 aliphatic heterocycles. The minimum Gasteiger partial charge on any atom is -0.341 e. The fourth-order valence-corrected chi connectivity index (χ4v) is 4.76. The summed E-state index contributed by atoms with van der Waals surface area (Å²) in [5.41, 5.74) is 1.75. The lowest BCUT2D eigenvalue weighted by Crippen LogP contribution is -2.54. The van der Waals surface area contributed by atoms with E-state index in [9.17, 15) is 14.4 Å². The lowest BCUT2D eigenvalue weighted by molar-refractivity contribution is -0.134. The van der Waals surface area contributed by atoms with Gasteiger partial charge >= 0.3 is 0 Å². The van der Waals surface area contributed by atoms with E-state index in [1.165, 1.54) is 11.3 Å². The van der Waals surface area contributed by atoms with E-state index in [-0.39, 0.29) is 23.6 Å². The van der Waals surface area contributed by atoms with Crippen molar-refractivity contribution in [1.29, 1.82) is 0 Å². The minimum absolute atomic E-state index is 0.00132. The number of carbonyl (C=O) groups excluding carboxylic acids is 3. The van der Waals surface area contributed by atoms with Crippen LogP contribution in [-0.2, 0) is 4.79 Å². The monoisotopic (exact) mass is 441 g/mol. The first kappa shape index (κ1) is 23.0. The molecule has 31 heavy (non-hydrogen) atoms. The molecule has 1 aromatic heterocycles. The van der Waals surface area contributed by atoms with Crippen molar-refractivity contribution >= 4 is 29.1 Å². The number of nitrogens with zero attached hydrogens (tertiary/aromatic N) is 2. The maximum Gasteiger partial charge on any atom is 0.262 e. The predicted molar refractivity (Wildman–Crippen MR) is 123 cm³/mol. The van der Waals surface area contributed by atoms with Crippen molar-refractivity contribution in [3.05, 3.63) is 57.8 Å². The van der Waals surface area contributed by atoms with Gasteiger partial charge in [0.1, 0.15) is 6.04 Å². The summed E-state index contributed by atoms with van der Waals surface area (Å²) >= 11 is 1.36. The molecule has 166 valence electrons. The zero-order chi connectivity index (χ0) is 22.4. The summed E-state index contributed by atoms with van der Waals surface area (Å²) in [7, 11) is 0. The molecule has 0 bridgehead atoms. The number of thiophene rings is 1. The molecule has 3 amide bonds. The number of rotatable bonds is 7. The molecule has 1 saturated heterocycles. The smallest absolute Gasteiger partial charge is 0.262 e. The second-order valence-electron chi connectivity index (χ2n) is 7.94. The number of amides is 3. The van der Waals surface area contributed by atoms with Gasteiger partial charge in [-0.15, -0.1) is 11.3 Å². The third-order valence-electron chi connectivity index (χ3n) is 5.94. The van der Waals surface area contributed by atoms with Crippen LogP contribution in [0, 0.1) is 12.8 Å². The molecule has 1 fully saturated rings. The number of hydrogen-bond donors (Lipinski definition) is 1. The van der Waals surface area contributed by atoms with E-state index in [1.807, 2.05) is 61.4 Å². The maximum atomic E-state index is 13.2. The summed E-state index contributed by atoms with van der Waals surface area (Å²) in [6.07, 6.45) is 1.36. The van der Waals surface area contributed by atoms with Crippen LogP contribution >= 0.6 is 11.3 Å². The zero-order valence-electron chi connectivity index (χ0n) is 18.5. The zero-order valence-corrected chi connectivity index (χ0v) is 19.3. The molecule has 0 saturated carbocycles. The molecule has 0 unspecified atom stereocenters. The minimum atomic E-state index is -0.578. The Balaban J connectivity index is 1.70. The highest BCUT2D eigenvalue weighted by atomic mass is 32.1. The molecule has 3 rings (SSSR count). The van der Waals surface area contributed by atoms with Crippen LogP contribution in [0.3, 0.4) is 0 Å². The highest BCUT2D eigenvalue weighted by Crippen LogP contribution is 2.24. The van der Waals surface area contributed by atoms with E-state index in [0.717, 1.165) is 5.56 Å². The van der Waals surface area contributed by atoms with Crippen LogP contribution < -0.4 is 5.32 Å². The molecule has 2 aromatic rings. The van der Waals surface area contributed by atoms with Crippen LogP contribution in [0.15, 0.2) is 41.8 Å². The molecule has 1 aliphatic rings. The Morgan fingerprint density at radius 3 is 2.42 bits per heavy atom. The molecule has 2 heterocycles. The van der Waals surface area contributed by atoms with Crippen molar-refractivity contribution in [2.45, 2.75) is 39.7 Å².